The van der Waals surface area contributed by atoms with E-state index in [1.807, 2.05) is 0 Å². The third-order valence-corrected chi connectivity index (χ3v) is 2.46. The van der Waals surface area contributed by atoms with E-state index in [1.165, 1.54) is 18.2 Å². The molecule has 1 rings (SSSR count). The smallest absolute Gasteiger partial charge is 0.251 e. The Bertz CT molecular complexity index is 385. The van der Waals surface area contributed by atoms with Crippen molar-refractivity contribution in [1.82, 2.24) is 5.32 Å². The number of carbonyl (C=O) groups excluding carboxylic acids is 1. The lowest BCUT2D eigenvalue weighted by Gasteiger charge is -2.18. The van der Waals surface area contributed by atoms with Crippen LogP contribution in [0, 0.1) is 11.7 Å². The summed E-state index contributed by atoms with van der Waals surface area (Å²) >= 11 is 0. The predicted molar refractivity (Wildman–Crippen MR) is 73.4 cm³/mol. The number of benzene rings is 1. The molecule has 18 heavy (non-hydrogen) atoms. The van der Waals surface area contributed by atoms with Crippen LogP contribution in [0.4, 0.5) is 4.39 Å². The van der Waals surface area contributed by atoms with E-state index in [9.17, 15) is 9.18 Å². The molecule has 0 aliphatic carbocycles. The van der Waals surface area contributed by atoms with Crippen LogP contribution in [0.1, 0.15) is 30.6 Å². The van der Waals surface area contributed by atoms with E-state index in [0.29, 0.717) is 18.0 Å². The average Bonchev–Trinajstić information content (AvgIpc) is 2.27. The van der Waals surface area contributed by atoms with Crippen LogP contribution < -0.4 is 11.1 Å². The van der Waals surface area contributed by atoms with E-state index >= 15 is 0 Å². The molecule has 3 nitrogen and oxygen atoms in total. The summed E-state index contributed by atoms with van der Waals surface area (Å²) in [4.78, 5) is 11.8. The standard InChI is InChI=1S/C13H19FN2O.ClH/c1-9(2)6-12(8-15)16-13(17)10-4-3-5-11(14)7-10;/h3-5,7,9,12H,6,8,15H2,1-2H3,(H,16,17);1H. The van der Waals surface area contributed by atoms with Gasteiger partial charge in [0.15, 0.2) is 0 Å². The first kappa shape index (κ1) is 16.9. The molecule has 0 aliphatic heterocycles. The summed E-state index contributed by atoms with van der Waals surface area (Å²) in [6.07, 6.45) is 0.817. The highest BCUT2D eigenvalue weighted by molar-refractivity contribution is 5.94. The molecule has 3 N–H and O–H groups in total. The van der Waals surface area contributed by atoms with Crippen molar-refractivity contribution in [3.63, 3.8) is 0 Å². The van der Waals surface area contributed by atoms with E-state index in [4.69, 9.17) is 5.73 Å². The number of amides is 1. The molecule has 0 saturated heterocycles. The second-order valence-electron chi connectivity index (χ2n) is 4.55. The number of nitrogens with two attached hydrogens (primary N) is 1. The van der Waals surface area contributed by atoms with Gasteiger partial charge in [0.05, 0.1) is 0 Å². The van der Waals surface area contributed by atoms with E-state index < -0.39 is 5.82 Å². The van der Waals surface area contributed by atoms with Crippen molar-refractivity contribution >= 4 is 18.3 Å². The van der Waals surface area contributed by atoms with Gasteiger partial charge in [0.1, 0.15) is 5.82 Å². The molecule has 0 radical (unpaired) electrons. The molecule has 0 spiro atoms. The molecule has 1 atom stereocenters. The summed E-state index contributed by atoms with van der Waals surface area (Å²) in [6.45, 7) is 4.52. The molecule has 1 unspecified atom stereocenters. The predicted octanol–water partition coefficient (Wildman–Crippen LogP) is 2.35. The van der Waals surface area contributed by atoms with E-state index in [1.54, 1.807) is 6.07 Å². The monoisotopic (exact) mass is 274 g/mol. The van der Waals surface area contributed by atoms with Crippen LogP contribution in [0.5, 0.6) is 0 Å². The van der Waals surface area contributed by atoms with Gasteiger partial charge in [0.25, 0.3) is 5.91 Å². The van der Waals surface area contributed by atoms with Crippen molar-refractivity contribution < 1.29 is 9.18 Å². The maximum Gasteiger partial charge on any atom is 0.251 e. The molecule has 5 heteroatoms. The summed E-state index contributed by atoms with van der Waals surface area (Å²) in [5.41, 5.74) is 5.91. The van der Waals surface area contributed by atoms with Crippen molar-refractivity contribution in [2.75, 3.05) is 6.54 Å². The molecule has 0 saturated carbocycles. The SMILES string of the molecule is CC(C)CC(CN)NC(=O)c1cccc(F)c1.Cl. The fraction of sp³-hybridized carbons (Fsp3) is 0.462. The van der Waals surface area contributed by atoms with Crippen LogP contribution in [-0.4, -0.2) is 18.5 Å². The Balaban J connectivity index is 0.00000289. The first-order valence-corrected chi connectivity index (χ1v) is 5.79. The molecule has 0 fully saturated rings. The summed E-state index contributed by atoms with van der Waals surface area (Å²) in [7, 11) is 0. The minimum atomic E-state index is -0.411. The minimum Gasteiger partial charge on any atom is -0.348 e. The molecule has 0 heterocycles. The molecular weight excluding hydrogens is 255 g/mol. The van der Waals surface area contributed by atoms with Crippen LogP contribution in [0.15, 0.2) is 24.3 Å². The number of rotatable bonds is 5. The zero-order chi connectivity index (χ0) is 12.8. The average molecular weight is 275 g/mol. The van der Waals surface area contributed by atoms with Gasteiger partial charge in [-0.1, -0.05) is 19.9 Å². The fourth-order valence-electron chi connectivity index (χ4n) is 1.68. The first-order chi connectivity index (χ1) is 8.02. The van der Waals surface area contributed by atoms with Crippen molar-refractivity contribution in [3.05, 3.63) is 35.6 Å². The van der Waals surface area contributed by atoms with Gasteiger partial charge in [-0.15, -0.1) is 12.4 Å². The van der Waals surface area contributed by atoms with Gasteiger partial charge in [0.2, 0.25) is 0 Å². The molecular formula is C13H20ClFN2O. The Hall–Kier alpha value is -1.13. The summed E-state index contributed by atoms with van der Waals surface area (Å²) in [6, 6.07) is 5.57. The second-order valence-corrected chi connectivity index (χ2v) is 4.55. The van der Waals surface area contributed by atoms with Gasteiger partial charge >= 0.3 is 0 Å². The topological polar surface area (TPSA) is 55.1 Å². The lowest BCUT2D eigenvalue weighted by Crippen LogP contribution is -2.41. The van der Waals surface area contributed by atoms with Gasteiger partial charge in [-0.05, 0) is 30.5 Å². The molecule has 0 bridgehead atoms. The summed E-state index contributed by atoms with van der Waals surface area (Å²) < 4.78 is 13.0. The van der Waals surface area contributed by atoms with Crippen LogP contribution >= 0.6 is 12.4 Å². The maximum absolute atomic E-state index is 13.0. The van der Waals surface area contributed by atoms with Crippen molar-refractivity contribution in [2.24, 2.45) is 11.7 Å². The van der Waals surface area contributed by atoms with E-state index in [0.717, 1.165) is 6.42 Å². The number of halogens is 2. The number of hydrogen-bond donors (Lipinski definition) is 2. The minimum absolute atomic E-state index is 0. The Morgan fingerprint density at radius 2 is 2.11 bits per heavy atom. The third-order valence-electron chi connectivity index (χ3n) is 2.46. The van der Waals surface area contributed by atoms with E-state index in [2.05, 4.69) is 19.2 Å². The van der Waals surface area contributed by atoms with Gasteiger partial charge in [-0.2, -0.15) is 0 Å². The number of nitrogens with one attached hydrogen (secondary N) is 1. The van der Waals surface area contributed by atoms with Crippen LogP contribution in [0.2, 0.25) is 0 Å². The second kappa shape index (κ2) is 8.06. The highest BCUT2D eigenvalue weighted by Crippen LogP contribution is 2.07. The van der Waals surface area contributed by atoms with Crippen molar-refractivity contribution in [2.45, 2.75) is 26.3 Å². The van der Waals surface area contributed by atoms with Gasteiger partial charge in [-0.25, -0.2) is 4.39 Å². The highest BCUT2D eigenvalue weighted by atomic mass is 35.5. The highest BCUT2D eigenvalue weighted by Gasteiger charge is 2.13. The van der Waals surface area contributed by atoms with Crippen LogP contribution in [0.3, 0.4) is 0 Å². The molecule has 1 amide bonds. The maximum atomic E-state index is 13.0. The zero-order valence-electron chi connectivity index (χ0n) is 10.7. The first-order valence-electron chi connectivity index (χ1n) is 5.79. The molecule has 1 aromatic rings. The molecule has 1 aromatic carbocycles. The summed E-state index contributed by atoms with van der Waals surface area (Å²) in [5, 5.41) is 2.81. The zero-order valence-corrected chi connectivity index (χ0v) is 11.5. The van der Waals surface area contributed by atoms with Gasteiger partial charge < -0.3 is 11.1 Å². The number of hydrogen-bond acceptors (Lipinski definition) is 2. The number of carbonyl (C=O) groups is 1. The van der Waals surface area contributed by atoms with Gasteiger partial charge in [-0.3, -0.25) is 4.79 Å². The molecule has 0 aromatic heterocycles. The Morgan fingerprint density at radius 1 is 1.44 bits per heavy atom. The van der Waals surface area contributed by atoms with Crippen LogP contribution in [-0.2, 0) is 0 Å². The molecule has 0 aliphatic rings. The summed E-state index contributed by atoms with van der Waals surface area (Å²) in [5.74, 6) is -0.234. The van der Waals surface area contributed by atoms with Crippen LogP contribution in [0.25, 0.3) is 0 Å². The van der Waals surface area contributed by atoms with Crippen molar-refractivity contribution in [3.8, 4) is 0 Å². The lowest BCUT2D eigenvalue weighted by atomic mass is 10.0. The third kappa shape index (κ3) is 5.47. The van der Waals surface area contributed by atoms with Crippen molar-refractivity contribution in [1.29, 1.82) is 0 Å². The Labute approximate surface area is 113 Å². The quantitative estimate of drug-likeness (QED) is 0.866. The van der Waals surface area contributed by atoms with Gasteiger partial charge in [0, 0.05) is 18.2 Å². The molecule has 102 valence electrons. The largest absolute Gasteiger partial charge is 0.348 e. The fourth-order valence-corrected chi connectivity index (χ4v) is 1.68. The van der Waals surface area contributed by atoms with E-state index in [-0.39, 0.29) is 24.4 Å². The normalized spacial score (nSPS) is 11.8. The Kier molecular flexibility index (Phi) is 7.55. The Morgan fingerprint density at radius 3 is 2.61 bits per heavy atom. The lowest BCUT2D eigenvalue weighted by molar-refractivity contribution is 0.0933.